The molecule has 0 fully saturated rings. The standard InChI is InChI=1S/C24H21N3O.C24H21N3.C23H19N3.C19H17N3/c1-3-26-23-10-5-4-9-20(23)21-16-18(11-12-24(21)26)27-22(13-14-25-27)17-7-6-8-19(15-17)28-2;1-3-26-23-10-5-4-9-20(23)21-16-19(11-12-24(21)26)27-22(13-14-25-27)18-8-6-7-17(2)15-18;1-2-25-22-11-7-6-10-19(22)20-16-18(12-13-23(20)25)26-21(14-15-24-26)17-8-4-3-5-9-17;1-14-12-16-13-17(8-9-18(16)21(14)2)22-19(10-11-20-22)15-6-4-3-5-7-15/h4-16H,3H2,1-2H3;4-16H,3H2,1-2H3;3-16H,2H2,1H3;3-13H,1-2H3. The third-order valence-electron chi connectivity index (χ3n) is 19.9. The van der Waals surface area contributed by atoms with Gasteiger partial charge in [-0.3, -0.25) is 0 Å². The lowest BCUT2D eigenvalue weighted by Crippen LogP contribution is -1.99. The molecule has 0 saturated heterocycles. The van der Waals surface area contributed by atoms with Gasteiger partial charge in [0.1, 0.15) is 5.75 Å². The summed E-state index contributed by atoms with van der Waals surface area (Å²) in [4.78, 5) is 0. The van der Waals surface area contributed by atoms with Crippen LogP contribution in [0.3, 0.4) is 0 Å². The number of fused-ring (bicyclic) bond motifs is 10. The van der Waals surface area contributed by atoms with E-state index in [1.165, 1.54) is 104 Å². The molecule has 0 aliphatic carbocycles. The normalized spacial score (nSPS) is 11.4. The van der Waals surface area contributed by atoms with Crippen LogP contribution in [0.1, 0.15) is 32.0 Å². The molecule has 103 heavy (non-hydrogen) atoms. The molecule has 0 unspecified atom stereocenters. The minimum absolute atomic E-state index is 0.840. The number of aryl methyl sites for hydroxylation is 6. The zero-order chi connectivity index (χ0) is 70.1. The van der Waals surface area contributed by atoms with E-state index in [0.717, 1.165) is 76.5 Å². The van der Waals surface area contributed by atoms with E-state index < -0.39 is 0 Å². The van der Waals surface area contributed by atoms with Crippen LogP contribution in [0, 0.1) is 13.8 Å². The second kappa shape index (κ2) is 28.0. The zero-order valence-corrected chi connectivity index (χ0v) is 58.8. The van der Waals surface area contributed by atoms with Crippen LogP contribution in [0.5, 0.6) is 5.75 Å². The van der Waals surface area contributed by atoms with E-state index >= 15 is 0 Å². The van der Waals surface area contributed by atoms with Crippen LogP contribution in [-0.2, 0) is 26.7 Å². The number of rotatable bonds is 12. The van der Waals surface area contributed by atoms with Crippen molar-refractivity contribution in [2.24, 2.45) is 7.05 Å². The minimum atomic E-state index is 0.840. The Labute approximate surface area is 598 Å². The Morgan fingerprint density at radius 1 is 0.291 bits per heavy atom. The van der Waals surface area contributed by atoms with Gasteiger partial charge in [-0.15, -0.1) is 0 Å². The number of ether oxygens (including phenoxy) is 1. The molecule has 0 spiro atoms. The Bertz CT molecular complexity index is 6240. The molecule has 13 nitrogen and oxygen atoms in total. The predicted octanol–water partition coefficient (Wildman–Crippen LogP) is 21.7. The summed E-state index contributed by atoms with van der Waals surface area (Å²) < 4.78 is 22.7. The smallest absolute Gasteiger partial charge is 0.119 e. The van der Waals surface area contributed by atoms with Gasteiger partial charge in [-0.05, 0) is 174 Å². The van der Waals surface area contributed by atoms with Crippen LogP contribution in [0.2, 0.25) is 0 Å². The minimum Gasteiger partial charge on any atom is -0.497 e. The number of methoxy groups -OCH3 is 1. The van der Waals surface area contributed by atoms with Crippen molar-refractivity contribution in [1.82, 2.24) is 57.4 Å². The molecule has 0 saturated carbocycles. The summed E-state index contributed by atoms with van der Waals surface area (Å²) in [6.07, 6.45) is 7.43. The summed E-state index contributed by atoms with van der Waals surface area (Å²) in [7, 11) is 3.79. The molecule has 8 heterocycles. The summed E-state index contributed by atoms with van der Waals surface area (Å²) in [6, 6.07) is 100.0. The van der Waals surface area contributed by atoms with Crippen molar-refractivity contribution < 1.29 is 4.74 Å². The molecule has 19 aromatic rings. The van der Waals surface area contributed by atoms with Crippen LogP contribution in [-0.4, -0.2) is 64.5 Å². The molecule has 504 valence electrons. The Morgan fingerprint density at radius 2 is 0.631 bits per heavy atom. The highest BCUT2D eigenvalue weighted by Crippen LogP contribution is 2.37. The highest BCUT2D eigenvalue weighted by atomic mass is 16.5. The van der Waals surface area contributed by atoms with Gasteiger partial charge in [0.05, 0.1) is 77.4 Å². The summed E-state index contributed by atoms with van der Waals surface area (Å²) in [5.41, 5.74) is 24.6. The molecule has 0 N–H and O–H groups in total. The van der Waals surface area contributed by atoms with Gasteiger partial charge in [0, 0.05) is 131 Å². The maximum Gasteiger partial charge on any atom is 0.119 e. The molecule has 8 aromatic heterocycles. The van der Waals surface area contributed by atoms with E-state index in [2.05, 4.69) is 329 Å². The second-order valence-electron chi connectivity index (χ2n) is 25.8. The van der Waals surface area contributed by atoms with E-state index in [1.807, 2.05) is 79.9 Å². The maximum atomic E-state index is 5.39. The number of hydrogen-bond donors (Lipinski definition) is 0. The van der Waals surface area contributed by atoms with Gasteiger partial charge >= 0.3 is 0 Å². The van der Waals surface area contributed by atoms with Crippen LogP contribution < -0.4 is 4.74 Å². The van der Waals surface area contributed by atoms with E-state index in [4.69, 9.17) is 4.74 Å². The average Bonchev–Trinajstić information content (AvgIpc) is 1.62. The first-order valence-electron chi connectivity index (χ1n) is 35.3. The van der Waals surface area contributed by atoms with Crippen molar-refractivity contribution in [1.29, 1.82) is 0 Å². The van der Waals surface area contributed by atoms with Crippen LogP contribution in [0.25, 0.3) is 144 Å². The van der Waals surface area contributed by atoms with Crippen LogP contribution in [0.4, 0.5) is 0 Å². The molecule has 0 amide bonds. The third-order valence-corrected chi connectivity index (χ3v) is 19.9. The van der Waals surface area contributed by atoms with Gasteiger partial charge in [-0.2, -0.15) is 20.4 Å². The van der Waals surface area contributed by atoms with E-state index in [1.54, 1.807) is 7.11 Å². The SMILES string of the molecule is CCn1c2ccccc2c2cc(-n3nccc3-c3cccc(C)c3)ccc21.CCn1c2ccccc2c2cc(-n3nccc3-c3cccc(OC)c3)ccc21.CCn1c2ccccc2c2cc(-n3nccc3-c3ccccc3)ccc21.Cc1cc2cc(-n3nccc3-c3ccccc3)ccc2n1C. The van der Waals surface area contributed by atoms with E-state index in [-0.39, 0.29) is 0 Å². The lowest BCUT2D eigenvalue weighted by atomic mass is 10.1. The van der Waals surface area contributed by atoms with Gasteiger partial charge < -0.3 is 23.0 Å². The van der Waals surface area contributed by atoms with Gasteiger partial charge in [-0.1, -0.05) is 151 Å². The zero-order valence-electron chi connectivity index (χ0n) is 58.8. The topological polar surface area (TPSA) is 100 Å². The molecular formula is C90H78N12O. The van der Waals surface area contributed by atoms with Crippen molar-refractivity contribution in [2.45, 2.75) is 54.3 Å². The molecule has 0 aliphatic heterocycles. The summed E-state index contributed by atoms with van der Waals surface area (Å²) in [5, 5.41) is 27.2. The molecular weight excluding hydrogens is 1270 g/mol. The monoisotopic (exact) mass is 1340 g/mol. The second-order valence-corrected chi connectivity index (χ2v) is 25.8. The summed E-state index contributed by atoms with van der Waals surface area (Å²) >= 11 is 0. The Morgan fingerprint density at radius 3 is 1.03 bits per heavy atom. The first-order valence-corrected chi connectivity index (χ1v) is 35.3. The van der Waals surface area contributed by atoms with Gasteiger partial charge in [0.25, 0.3) is 0 Å². The molecule has 13 heteroatoms. The lowest BCUT2D eigenvalue weighted by Gasteiger charge is -2.10. The van der Waals surface area contributed by atoms with Crippen molar-refractivity contribution >= 4 is 76.3 Å². The fourth-order valence-electron chi connectivity index (χ4n) is 14.9. The molecule has 0 radical (unpaired) electrons. The van der Waals surface area contributed by atoms with E-state index in [0.29, 0.717) is 0 Å². The van der Waals surface area contributed by atoms with Crippen molar-refractivity contribution in [3.63, 3.8) is 0 Å². The lowest BCUT2D eigenvalue weighted by molar-refractivity contribution is 0.415. The first kappa shape index (κ1) is 64.7. The van der Waals surface area contributed by atoms with Gasteiger partial charge in [0.2, 0.25) is 0 Å². The van der Waals surface area contributed by atoms with Crippen LogP contribution >= 0.6 is 0 Å². The summed E-state index contributed by atoms with van der Waals surface area (Å²) in [5.74, 6) is 0.840. The number of hydrogen-bond acceptors (Lipinski definition) is 5. The Hall–Kier alpha value is -13.0. The molecule has 0 atom stereocenters. The van der Waals surface area contributed by atoms with Crippen molar-refractivity contribution in [3.8, 4) is 73.5 Å². The Balaban J connectivity index is 0.000000106. The fourth-order valence-corrected chi connectivity index (χ4v) is 14.9. The van der Waals surface area contributed by atoms with E-state index in [9.17, 15) is 0 Å². The first-order chi connectivity index (χ1) is 50.7. The fraction of sp³-hybridized carbons (Fsp3) is 0.111. The maximum absolute atomic E-state index is 5.39. The largest absolute Gasteiger partial charge is 0.497 e. The summed E-state index contributed by atoms with van der Waals surface area (Å²) in [6.45, 7) is 13.7. The quantitative estimate of drug-likeness (QED) is 0.121. The highest BCUT2D eigenvalue weighted by molar-refractivity contribution is 6.11. The number of nitrogens with zero attached hydrogens (tertiary/aromatic N) is 12. The highest BCUT2D eigenvalue weighted by Gasteiger charge is 2.18. The third kappa shape index (κ3) is 12.1. The Kier molecular flexibility index (Phi) is 17.6. The molecule has 11 aromatic carbocycles. The number of benzene rings is 11. The van der Waals surface area contributed by atoms with Crippen LogP contribution in [0.15, 0.2) is 310 Å². The van der Waals surface area contributed by atoms with Gasteiger partial charge in [0.15, 0.2) is 0 Å². The van der Waals surface area contributed by atoms with Gasteiger partial charge in [-0.25, -0.2) is 18.7 Å². The number of para-hydroxylation sites is 3. The van der Waals surface area contributed by atoms with Crippen molar-refractivity contribution in [2.75, 3.05) is 7.11 Å². The molecule has 0 bridgehead atoms. The molecule has 19 rings (SSSR count). The van der Waals surface area contributed by atoms with Crippen molar-refractivity contribution in [3.05, 3.63) is 321 Å². The number of aromatic nitrogens is 12. The predicted molar refractivity (Wildman–Crippen MR) is 425 cm³/mol. The molecule has 0 aliphatic rings. The average molecular weight is 1340 g/mol.